The summed E-state index contributed by atoms with van der Waals surface area (Å²) in [5.74, 6) is 1.39. The average molecular weight is 373 g/mol. The number of benzene rings is 1. The van der Waals surface area contributed by atoms with E-state index in [1.807, 2.05) is 37.5 Å². The summed E-state index contributed by atoms with van der Waals surface area (Å²) in [7, 11) is 3.48. The third-order valence-corrected chi connectivity index (χ3v) is 4.74. The third-order valence-electron chi connectivity index (χ3n) is 3.54. The molecule has 0 unspecified atom stereocenters. The van der Waals surface area contributed by atoms with Crippen LogP contribution in [0.25, 0.3) is 17.0 Å². The highest BCUT2D eigenvalue weighted by Gasteiger charge is 2.13. The van der Waals surface area contributed by atoms with E-state index in [1.54, 1.807) is 28.6 Å². The summed E-state index contributed by atoms with van der Waals surface area (Å²) in [4.78, 5) is 0.887. The van der Waals surface area contributed by atoms with Gasteiger partial charge in [-0.1, -0.05) is 23.4 Å². The van der Waals surface area contributed by atoms with Gasteiger partial charge in [-0.2, -0.15) is 14.7 Å². The minimum atomic E-state index is 0.642. The predicted molar refractivity (Wildman–Crippen MR) is 95.1 cm³/mol. The molecule has 4 rings (SSSR count). The summed E-state index contributed by atoms with van der Waals surface area (Å²) in [5, 5.41) is 18.6. The van der Waals surface area contributed by atoms with Gasteiger partial charge in [0, 0.05) is 18.3 Å². The quantitative estimate of drug-likeness (QED) is 0.547. The number of aryl methyl sites for hydroxylation is 1. The zero-order chi connectivity index (χ0) is 17.4. The van der Waals surface area contributed by atoms with Gasteiger partial charge in [-0.3, -0.25) is 4.68 Å². The number of fused-ring (bicyclic) bond motifs is 1. The highest BCUT2D eigenvalue weighted by atomic mass is 35.5. The lowest BCUT2D eigenvalue weighted by Gasteiger charge is -2.08. The first-order valence-electron chi connectivity index (χ1n) is 7.37. The molecule has 0 radical (unpaired) electrons. The minimum absolute atomic E-state index is 0.642. The summed E-state index contributed by atoms with van der Waals surface area (Å²) < 4.78 is 8.81. The molecule has 0 aliphatic rings. The molecule has 4 aromatic rings. The van der Waals surface area contributed by atoms with Crippen LogP contribution >= 0.6 is 23.4 Å². The van der Waals surface area contributed by atoms with E-state index >= 15 is 0 Å². The van der Waals surface area contributed by atoms with E-state index < -0.39 is 0 Å². The second-order valence-electron chi connectivity index (χ2n) is 5.27. The third kappa shape index (κ3) is 3.06. The topological polar surface area (TPSA) is 70.1 Å². The van der Waals surface area contributed by atoms with Gasteiger partial charge in [0.15, 0.2) is 11.5 Å². The molecule has 9 heteroatoms. The van der Waals surface area contributed by atoms with E-state index in [9.17, 15) is 0 Å². The first-order chi connectivity index (χ1) is 12.1. The van der Waals surface area contributed by atoms with Crippen molar-refractivity contribution >= 4 is 29.0 Å². The van der Waals surface area contributed by atoms with Crippen LogP contribution in [-0.2, 0) is 7.05 Å². The molecule has 25 heavy (non-hydrogen) atoms. The normalized spacial score (nSPS) is 11.2. The highest BCUT2D eigenvalue weighted by molar-refractivity contribution is 7.99. The second-order valence-corrected chi connectivity index (χ2v) is 6.76. The van der Waals surface area contributed by atoms with Gasteiger partial charge in [0.1, 0.15) is 10.8 Å². The van der Waals surface area contributed by atoms with Crippen LogP contribution in [0.2, 0.25) is 5.02 Å². The van der Waals surface area contributed by atoms with Crippen LogP contribution < -0.4 is 4.74 Å². The Morgan fingerprint density at radius 3 is 2.80 bits per heavy atom. The minimum Gasteiger partial charge on any atom is -0.496 e. The van der Waals surface area contributed by atoms with Gasteiger partial charge < -0.3 is 4.74 Å². The molecule has 126 valence electrons. The summed E-state index contributed by atoms with van der Waals surface area (Å²) in [6, 6.07) is 9.25. The summed E-state index contributed by atoms with van der Waals surface area (Å²) >= 11 is 7.56. The Morgan fingerprint density at radius 2 is 2.04 bits per heavy atom. The van der Waals surface area contributed by atoms with Crippen molar-refractivity contribution in [2.24, 2.45) is 7.05 Å². The number of halogens is 1. The number of methoxy groups -OCH3 is 1. The number of hydrogen-bond donors (Lipinski definition) is 0. The van der Waals surface area contributed by atoms with E-state index in [1.165, 1.54) is 11.8 Å². The zero-order valence-corrected chi connectivity index (χ0v) is 15.0. The fourth-order valence-corrected chi connectivity index (χ4v) is 3.54. The summed E-state index contributed by atoms with van der Waals surface area (Å²) in [6.07, 6.45) is 3.61. The fourth-order valence-electron chi connectivity index (χ4n) is 2.39. The van der Waals surface area contributed by atoms with Crippen LogP contribution in [-0.4, -0.2) is 36.7 Å². The smallest absolute Gasteiger partial charge is 0.188 e. The molecule has 0 saturated carbocycles. The summed E-state index contributed by atoms with van der Waals surface area (Å²) in [5.41, 5.74) is 1.52. The number of hydrogen-bond acceptors (Lipinski definition) is 6. The molecular weight excluding hydrogens is 360 g/mol. The first kappa shape index (κ1) is 15.9. The van der Waals surface area contributed by atoms with E-state index in [4.69, 9.17) is 16.3 Å². The molecule has 0 spiro atoms. The van der Waals surface area contributed by atoms with Gasteiger partial charge in [-0.15, -0.1) is 10.2 Å². The maximum Gasteiger partial charge on any atom is 0.188 e. The van der Waals surface area contributed by atoms with Crippen molar-refractivity contribution in [3.8, 4) is 17.1 Å². The van der Waals surface area contributed by atoms with Crippen LogP contribution in [0.15, 0.2) is 52.6 Å². The Labute approximate surface area is 152 Å². The van der Waals surface area contributed by atoms with E-state index in [2.05, 4.69) is 20.4 Å². The molecule has 0 bridgehead atoms. The van der Waals surface area contributed by atoms with Crippen molar-refractivity contribution < 1.29 is 4.74 Å². The van der Waals surface area contributed by atoms with Crippen molar-refractivity contribution in [1.29, 1.82) is 0 Å². The molecule has 3 heterocycles. The van der Waals surface area contributed by atoms with Crippen molar-refractivity contribution in [2.45, 2.75) is 9.92 Å². The SMILES string of the molecule is COc1ccc(Cl)cc1Sc1ccc2nnc(-c3cnn(C)c3)n2n1. The largest absolute Gasteiger partial charge is 0.496 e. The lowest BCUT2D eigenvalue weighted by molar-refractivity contribution is 0.405. The van der Waals surface area contributed by atoms with Crippen molar-refractivity contribution in [3.63, 3.8) is 0 Å². The standard InChI is InChI=1S/C16H13ClN6OS/c1-22-9-10(8-18-22)16-20-19-14-5-6-15(21-23(14)16)25-13-7-11(17)3-4-12(13)24-2/h3-9H,1-2H3. The fraction of sp³-hybridized carbons (Fsp3) is 0.125. The van der Waals surface area contributed by atoms with Crippen LogP contribution in [0.5, 0.6) is 5.75 Å². The van der Waals surface area contributed by atoms with E-state index in [0.29, 0.717) is 16.5 Å². The van der Waals surface area contributed by atoms with Gasteiger partial charge >= 0.3 is 0 Å². The Balaban J connectivity index is 1.75. The lowest BCUT2D eigenvalue weighted by Crippen LogP contribution is -1.96. The highest BCUT2D eigenvalue weighted by Crippen LogP contribution is 2.36. The molecule has 3 aromatic heterocycles. The van der Waals surface area contributed by atoms with Gasteiger partial charge in [0.2, 0.25) is 0 Å². The van der Waals surface area contributed by atoms with E-state index in [-0.39, 0.29) is 0 Å². The van der Waals surface area contributed by atoms with Crippen molar-refractivity contribution in [2.75, 3.05) is 7.11 Å². The number of aromatic nitrogens is 6. The maximum atomic E-state index is 6.10. The molecule has 1 aromatic carbocycles. The predicted octanol–water partition coefficient (Wildman–Crippen LogP) is 3.34. The molecule has 7 nitrogen and oxygen atoms in total. The molecule has 0 aliphatic heterocycles. The van der Waals surface area contributed by atoms with Crippen LogP contribution in [0.4, 0.5) is 0 Å². The monoisotopic (exact) mass is 372 g/mol. The van der Waals surface area contributed by atoms with E-state index in [0.717, 1.165) is 21.2 Å². The molecule has 0 amide bonds. The molecular formula is C16H13ClN6OS. The van der Waals surface area contributed by atoms with Crippen molar-refractivity contribution in [3.05, 3.63) is 47.7 Å². The van der Waals surface area contributed by atoms with Crippen molar-refractivity contribution in [1.82, 2.24) is 29.6 Å². The molecule has 0 N–H and O–H groups in total. The lowest BCUT2D eigenvalue weighted by atomic mass is 10.3. The first-order valence-corrected chi connectivity index (χ1v) is 8.56. The molecule has 0 aliphatic carbocycles. The number of rotatable bonds is 4. The zero-order valence-electron chi connectivity index (χ0n) is 13.4. The van der Waals surface area contributed by atoms with Crippen LogP contribution in [0.3, 0.4) is 0 Å². The van der Waals surface area contributed by atoms with Gasteiger partial charge in [-0.05, 0) is 30.3 Å². The summed E-state index contributed by atoms with van der Waals surface area (Å²) in [6.45, 7) is 0. The van der Waals surface area contributed by atoms with Crippen LogP contribution in [0, 0.1) is 0 Å². The number of ether oxygens (including phenoxy) is 1. The molecule has 0 atom stereocenters. The molecule has 0 saturated heterocycles. The van der Waals surface area contributed by atoms with Gasteiger partial charge in [-0.25, -0.2) is 0 Å². The average Bonchev–Trinajstić information content (AvgIpc) is 3.20. The Kier molecular flexibility index (Phi) is 4.06. The Morgan fingerprint density at radius 1 is 1.16 bits per heavy atom. The van der Waals surface area contributed by atoms with Crippen LogP contribution in [0.1, 0.15) is 0 Å². The number of nitrogens with zero attached hydrogens (tertiary/aromatic N) is 6. The van der Waals surface area contributed by atoms with Gasteiger partial charge in [0.05, 0.1) is 23.8 Å². The Bertz CT molecular complexity index is 1060. The van der Waals surface area contributed by atoms with Gasteiger partial charge in [0.25, 0.3) is 0 Å². The second kappa shape index (κ2) is 6.38. The maximum absolute atomic E-state index is 6.10. The Hall–Kier alpha value is -2.58. The molecule has 0 fully saturated rings.